The van der Waals surface area contributed by atoms with Gasteiger partial charge < -0.3 is 5.73 Å². The van der Waals surface area contributed by atoms with E-state index in [1.54, 1.807) is 0 Å². The van der Waals surface area contributed by atoms with Gasteiger partial charge in [-0.05, 0) is 48.9 Å². The highest BCUT2D eigenvalue weighted by molar-refractivity contribution is 4.75. The first kappa shape index (κ1) is 39.5. The third-order valence-electron chi connectivity index (χ3n) is 8.02. The van der Waals surface area contributed by atoms with Crippen molar-refractivity contribution in [2.24, 2.45) is 35.3 Å². The van der Waals surface area contributed by atoms with Crippen molar-refractivity contribution < 1.29 is 0 Å². The maximum absolute atomic E-state index is 6.15. The fraction of sp³-hybridized carbons (Fsp3) is 1.00. The van der Waals surface area contributed by atoms with Crippen LogP contribution >= 0.6 is 0 Å². The van der Waals surface area contributed by atoms with Gasteiger partial charge in [0.2, 0.25) is 0 Å². The van der Waals surface area contributed by atoms with Gasteiger partial charge in [0.1, 0.15) is 0 Å². The molecule has 0 spiro atoms. The van der Waals surface area contributed by atoms with Gasteiger partial charge in [0.25, 0.3) is 0 Å². The van der Waals surface area contributed by atoms with Gasteiger partial charge >= 0.3 is 0 Å². The van der Waals surface area contributed by atoms with Crippen molar-refractivity contribution in [3.05, 3.63) is 0 Å². The number of nitrogens with two attached hydrogens (primary N) is 1. The molecule has 2 N–H and O–H groups in total. The summed E-state index contributed by atoms with van der Waals surface area (Å²) in [5, 5.41) is 0. The van der Waals surface area contributed by atoms with Crippen molar-refractivity contribution in [1.82, 2.24) is 0 Å². The lowest BCUT2D eigenvalue weighted by molar-refractivity contribution is 0.269. The minimum atomic E-state index is 0.402. The fourth-order valence-electron chi connectivity index (χ4n) is 5.30. The minimum absolute atomic E-state index is 0.402. The molecule has 4 atom stereocenters. The summed E-state index contributed by atoms with van der Waals surface area (Å²) in [7, 11) is 0. The van der Waals surface area contributed by atoms with Crippen LogP contribution in [0.4, 0.5) is 0 Å². The summed E-state index contributed by atoms with van der Waals surface area (Å²) in [6.07, 6.45) is 23.9. The molecular weight excluding hydrogens is 422 g/mol. The Labute approximate surface area is 226 Å². The van der Waals surface area contributed by atoms with Crippen molar-refractivity contribution in [2.45, 2.75) is 191 Å². The molecule has 0 amide bonds. The monoisotopic (exact) mass is 498 g/mol. The molecule has 1 saturated carbocycles. The molecule has 0 bridgehead atoms. The number of hydrogen-bond donors (Lipinski definition) is 1. The quantitative estimate of drug-likeness (QED) is 0.224. The topological polar surface area (TPSA) is 26.0 Å². The number of unbranched alkanes of at least 4 members (excludes halogenated alkanes) is 4. The van der Waals surface area contributed by atoms with Gasteiger partial charge in [-0.2, -0.15) is 0 Å². The number of rotatable bonds is 15. The predicted molar refractivity (Wildman–Crippen MR) is 166 cm³/mol. The van der Waals surface area contributed by atoms with E-state index < -0.39 is 0 Å². The molecule has 0 saturated heterocycles. The SMILES string of the molecule is CC.CCC(C)CCC(C(C)C)C(N)CC.CCCC(C)CC1CCCCC1.CCCCCCC. The molecule has 0 aromatic carbocycles. The van der Waals surface area contributed by atoms with Crippen LogP contribution in [0.2, 0.25) is 0 Å². The minimum Gasteiger partial charge on any atom is -0.327 e. The average molecular weight is 498 g/mol. The molecule has 1 rings (SSSR count). The van der Waals surface area contributed by atoms with E-state index in [1.807, 2.05) is 13.8 Å². The van der Waals surface area contributed by atoms with E-state index in [1.165, 1.54) is 103 Å². The Balaban J connectivity index is -0.000000443. The Kier molecular flexibility index (Phi) is 34.0. The van der Waals surface area contributed by atoms with E-state index >= 15 is 0 Å². The Morgan fingerprint density at radius 3 is 1.57 bits per heavy atom. The maximum Gasteiger partial charge on any atom is 0.00669 e. The summed E-state index contributed by atoms with van der Waals surface area (Å²) in [4.78, 5) is 0. The van der Waals surface area contributed by atoms with Gasteiger partial charge in [-0.15, -0.1) is 0 Å². The Hall–Kier alpha value is -0.0400. The molecule has 1 aliphatic carbocycles. The smallest absolute Gasteiger partial charge is 0.00669 e. The molecule has 4 unspecified atom stereocenters. The standard InChI is InChI=1S/C13H29N.C12H24.C7H16.C2H6/c1-6-11(5)8-9-12(10(3)4)13(14)7-2;1-3-7-11(2)10-12-8-5-4-6-9-12;1-3-5-7-6-4-2;1-2/h10-13H,6-9,14H2,1-5H3;11-12H,3-10H2,1-2H3;3-7H2,1-2H3;1-2H3. The van der Waals surface area contributed by atoms with Crippen LogP contribution < -0.4 is 5.73 Å². The Morgan fingerprint density at radius 1 is 0.629 bits per heavy atom. The first-order chi connectivity index (χ1) is 16.8. The predicted octanol–water partition coefficient (Wildman–Crippen LogP) is 12.2. The highest BCUT2D eigenvalue weighted by Crippen LogP contribution is 2.30. The molecular formula is C34H75N. The molecule has 0 aliphatic heterocycles. The average Bonchev–Trinajstić information content (AvgIpc) is 2.86. The molecule has 35 heavy (non-hydrogen) atoms. The second kappa shape index (κ2) is 30.2. The van der Waals surface area contributed by atoms with Crippen LogP contribution in [0.15, 0.2) is 0 Å². The van der Waals surface area contributed by atoms with Crippen molar-refractivity contribution in [3.8, 4) is 0 Å². The fourth-order valence-corrected chi connectivity index (χ4v) is 5.30. The molecule has 1 fully saturated rings. The zero-order valence-electron chi connectivity index (χ0n) is 27.1. The van der Waals surface area contributed by atoms with Crippen LogP contribution in [0, 0.1) is 29.6 Å². The molecule has 216 valence electrons. The van der Waals surface area contributed by atoms with Gasteiger partial charge in [0.05, 0.1) is 0 Å². The van der Waals surface area contributed by atoms with Crippen LogP contribution in [0.3, 0.4) is 0 Å². The lowest BCUT2D eigenvalue weighted by atomic mass is 9.82. The lowest BCUT2D eigenvalue weighted by Crippen LogP contribution is -2.33. The van der Waals surface area contributed by atoms with E-state index in [-0.39, 0.29) is 0 Å². The number of hydrogen-bond acceptors (Lipinski definition) is 1. The summed E-state index contributed by atoms with van der Waals surface area (Å²) < 4.78 is 0. The summed E-state index contributed by atoms with van der Waals surface area (Å²) in [6.45, 7) is 24.6. The second-order valence-corrected chi connectivity index (χ2v) is 11.8. The van der Waals surface area contributed by atoms with E-state index in [2.05, 4.69) is 62.3 Å². The molecule has 0 heterocycles. The van der Waals surface area contributed by atoms with Gasteiger partial charge in [0, 0.05) is 6.04 Å². The van der Waals surface area contributed by atoms with Gasteiger partial charge in [-0.3, -0.25) is 0 Å². The van der Waals surface area contributed by atoms with Crippen LogP contribution in [0.1, 0.15) is 185 Å². The first-order valence-corrected chi connectivity index (χ1v) is 16.5. The van der Waals surface area contributed by atoms with E-state index in [0.717, 1.165) is 30.1 Å². The third kappa shape index (κ3) is 26.8. The van der Waals surface area contributed by atoms with Crippen molar-refractivity contribution in [3.63, 3.8) is 0 Å². The van der Waals surface area contributed by atoms with E-state index in [9.17, 15) is 0 Å². The van der Waals surface area contributed by atoms with Gasteiger partial charge in [0.15, 0.2) is 0 Å². The summed E-state index contributed by atoms with van der Waals surface area (Å²) in [5.74, 6) is 4.38. The Morgan fingerprint density at radius 2 is 1.17 bits per heavy atom. The van der Waals surface area contributed by atoms with Crippen LogP contribution in [0.5, 0.6) is 0 Å². The summed E-state index contributed by atoms with van der Waals surface area (Å²) >= 11 is 0. The molecule has 0 radical (unpaired) electrons. The molecule has 0 aromatic heterocycles. The van der Waals surface area contributed by atoms with Crippen molar-refractivity contribution >= 4 is 0 Å². The lowest BCUT2D eigenvalue weighted by Gasteiger charge is -2.27. The summed E-state index contributed by atoms with van der Waals surface area (Å²) in [5.41, 5.74) is 6.15. The second-order valence-electron chi connectivity index (χ2n) is 11.8. The third-order valence-corrected chi connectivity index (χ3v) is 8.02. The van der Waals surface area contributed by atoms with Crippen LogP contribution in [0.25, 0.3) is 0 Å². The molecule has 0 aromatic rings. The summed E-state index contributed by atoms with van der Waals surface area (Å²) in [6, 6.07) is 0.402. The molecule has 1 aliphatic rings. The van der Waals surface area contributed by atoms with Gasteiger partial charge in [-0.25, -0.2) is 0 Å². The normalized spacial score (nSPS) is 17.1. The largest absolute Gasteiger partial charge is 0.327 e. The van der Waals surface area contributed by atoms with Crippen LogP contribution in [-0.4, -0.2) is 6.04 Å². The zero-order valence-corrected chi connectivity index (χ0v) is 27.1. The maximum atomic E-state index is 6.15. The first-order valence-electron chi connectivity index (χ1n) is 16.5. The molecule has 1 heteroatoms. The van der Waals surface area contributed by atoms with Crippen LogP contribution in [-0.2, 0) is 0 Å². The Bertz CT molecular complexity index is 354. The van der Waals surface area contributed by atoms with Gasteiger partial charge in [-0.1, -0.05) is 166 Å². The van der Waals surface area contributed by atoms with Crippen molar-refractivity contribution in [1.29, 1.82) is 0 Å². The highest BCUT2D eigenvalue weighted by atomic mass is 14.6. The molecule has 1 nitrogen and oxygen atoms in total. The van der Waals surface area contributed by atoms with Crippen molar-refractivity contribution in [2.75, 3.05) is 0 Å². The van der Waals surface area contributed by atoms with E-state index in [0.29, 0.717) is 12.0 Å². The highest BCUT2D eigenvalue weighted by Gasteiger charge is 2.20. The zero-order chi connectivity index (χ0) is 27.5. The van der Waals surface area contributed by atoms with E-state index in [4.69, 9.17) is 5.73 Å².